The normalized spacial score (nSPS) is 21.0. The van der Waals surface area contributed by atoms with E-state index >= 15 is 0 Å². The molecule has 2 fully saturated rings. The van der Waals surface area contributed by atoms with Crippen molar-refractivity contribution in [1.29, 1.82) is 0 Å². The van der Waals surface area contributed by atoms with Gasteiger partial charge in [0.15, 0.2) is 0 Å². The lowest BCUT2D eigenvalue weighted by atomic mass is 10.0. The number of imidazole rings is 2. The fourth-order valence-electron chi connectivity index (χ4n) is 5.67. The van der Waals surface area contributed by atoms with Crippen molar-refractivity contribution in [3.05, 3.63) is 72.6 Å². The Morgan fingerprint density at radius 2 is 1.46 bits per heavy atom. The SMILES string of the molecule is CS[C@H]1C[C@@H](c2ncc(-c3ccc(-c4ccc(-c5cnc([C@@H]6CCCN6)[nH]5)cc4)cc3)[nH]2)N(C(=O)OC(C)(C)C)C1. The van der Waals surface area contributed by atoms with Gasteiger partial charge in [0.2, 0.25) is 0 Å². The summed E-state index contributed by atoms with van der Waals surface area (Å²) in [6, 6.07) is 17.3. The highest BCUT2D eigenvalue weighted by Gasteiger charge is 2.39. The molecule has 8 nitrogen and oxygen atoms in total. The third-order valence-electron chi connectivity index (χ3n) is 7.85. The summed E-state index contributed by atoms with van der Waals surface area (Å²) in [7, 11) is 0. The summed E-state index contributed by atoms with van der Waals surface area (Å²) in [5.41, 5.74) is 5.93. The van der Waals surface area contributed by atoms with Gasteiger partial charge in [0.1, 0.15) is 17.2 Å². The minimum absolute atomic E-state index is 0.130. The molecule has 2 aliphatic heterocycles. The topological polar surface area (TPSA) is 98.9 Å². The van der Waals surface area contributed by atoms with Gasteiger partial charge in [-0.25, -0.2) is 14.8 Å². The maximum absolute atomic E-state index is 13.0. The van der Waals surface area contributed by atoms with Crippen molar-refractivity contribution in [2.24, 2.45) is 0 Å². The molecule has 3 atom stereocenters. The van der Waals surface area contributed by atoms with E-state index in [1.807, 2.05) is 38.1 Å². The highest BCUT2D eigenvalue weighted by atomic mass is 32.2. The van der Waals surface area contributed by atoms with Crippen LogP contribution in [0.25, 0.3) is 33.6 Å². The van der Waals surface area contributed by atoms with Crippen LogP contribution in [0.4, 0.5) is 4.79 Å². The van der Waals surface area contributed by atoms with Crippen molar-refractivity contribution in [2.75, 3.05) is 19.3 Å². The first-order valence-corrected chi connectivity index (χ1v) is 15.6. The van der Waals surface area contributed by atoms with Gasteiger partial charge >= 0.3 is 6.09 Å². The number of hydrogen-bond acceptors (Lipinski definition) is 6. The Kier molecular flexibility index (Phi) is 7.66. The number of ether oxygens (including phenoxy) is 1. The smallest absolute Gasteiger partial charge is 0.410 e. The number of aromatic nitrogens is 4. The van der Waals surface area contributed by atoms with Crippen molar-refractivity contribution in [2.45, 2.75) is 63.0 Å². The Balaban J connectivity index is 1.15. The Bertz CT molecular complexity index is 1480. The second-order valence-electron chi connectivity index (χ2n) is 11.9. The molecule has 2 saturated heterocycles. The van der Waals surface area contributed by atoms with E-state index in [9.17, 15) is 4.79 Å². The number of carbonyl (C=O) groups is 1. The summed E-state index contributed by atoms with van der Waals surface area (Å²) in [6.07, 6.45) is 8.76. The highest BCUT2D eigenvalue weighted by molar-refractivity contribution is 7.99. The monoisotopic (exact) mass is 570 g/mol. The Labute approximate surface area is 245 Å². The molecule has 214 valence electrons. The van der Waals surface area contributed by atoms with Crippen LogP contribution in [0.1, 0.15) is 63.8 Å². The van der Waals surface area contributed by atoms with Crippen LogP contribution in [0.2, 0.25) is 0 Å². The quantitative estimate of drug-likeness (QED) is 0.232. The lowest BCUT2D eigenvalue weighted by Gasteiger charge is -2.27. The average Bonchev–Trinajstić information content (AvgIpc) is 3.78. The average molecular weight is 571 g/mol. The van der Waals surface area contributed by atoms with Crippen LogP contribution in [0.5, 0.6) is 0 Å². The van der Waals surface area contributed by atoms with Crippen molar-refractivity contribution in [1.82, 2.24) is 30.2 Å². The van der Waals surface area contributed by atoms with E-state index in [0.717, 1.165) is 64.7 Å². The van der Waals surface area contributed by atoms with E-state index in [1.165, 1.54) is 6.42 Å². The molecule has 2 aliphatic rings. The van der Waals surface area contributed by atoms with Crippen LogP contribution in [-0.4, -0.2) is 61.1 Å². The lowest BCUT2D eigenvalue weighted by molar-refractivity contribution is 0.0219. The molecule has 3 N–H and O–H groups in total. The fourth-order valence-corrected chi connectivity index (χ4v) is 6.35. The van der Waals surface area contributed by atoms with Crippen molar-refractivity contribution < 1.29 is 9.53 Å². The molecule has 0 unspecified atom stereocenters. The standard InChI is InChI=1S/C32H38N6O2S/c1-32(2,3)40-31(39)38-19-24(41-4)16-28(38)30-35-18-27(37-30)23-13-9-21(10-14-23)20-7-11-22(12-8-20)26-17-34-29(36-26)25-6-5-15-33-25/h7-14,17-18,24-25,28,33H,5-6,15-16,19H2,1-4H3,(H,34,36)(H,35,37)/t24-,25-,28-/m0/s1. The van der Waals surface area contributed by atoms with Gasteiger partial charge in [-0.05, 0) is 75.1 Å². The van der Waals surface area contributed by atoms with E-state index in [-0.39, 0.29) is 12.1 Å². The Hall–Kier alpha value is -3.56. The highest BCUT2D eigenvalue weighted by Crippen LogP contribution is 2.37. The van der Waals surface area contributed by atoms with Gasteiger partial charge in [0.25, 0.3) is 0 Å². The molecule has 0 bridgehead atoms. The number of H-pyrrole nitrogens is 2. The van der Waals surface area contributed by atoms with Gasteiger partial charge in [-0.15, -0.1) is 0 Å². The van der Waals surface area contributed by atoms with Gasteiger partial charge in [0.05, 0.1) is 35.9 Å². The molecule has 2 aromatic carbocycles. The Morgan fingerprint density at radius 1 is 0.902 bits per heavy atom. The number of nitrogens with one attached hydrogen (secondary N) is 3. The molecule has 0 saturated carbocycles. The minimum atomic E-state index is -0.537. The number of rotatable bonds is 6. The number of likely N-dealkylation sites (tertiary alicyclic amines) is 1. The largest absolute Gasteiger partial charge is 0.444 e. The van der Waals surface area contributed by atoms with E-state index in [4.69, 9.17) is 9.72 Å². The number of benzene rings is 2. The first-order valence-electron chi connectivity index (χ1n) is 14.3. The zero-order valence-corrected chi connectivity index (χ0v) is 24.9. The van der Waals surface area contributed by atoms with E-state index in [1.54, 1.807) is 11.8 Å². The van der Waals surface area contributed by atoms with Gasteiger partial charge in [-0.2, -0.15) is 11.8 Å². The molecule has 9 heteroatoms. The summed E-state index contributed by atoms with van der Waals surface area (Å²) in [6.45, 7) is 7.41. The van der Waals surface area contributed by atoms with Crippen LogP contribution in [-0.2, 0) is 4.74 Å². The van der Waals surface area contributed by atoms with Crippen LogP contribution in [0.15, 0.2) is 60.9 Å². The predicted octanol–water partition coefficient (Wildman–Crippen LogP) is 6.97. The Morgan fingerprint density at radius 3 is 2.00 bits per heavy atom. The van der Waals surface area contributed by atoms with Crippen LogP contribution in [0.3, 0.4) is 0 Å². The number of hydrogen-bond donors (Lipinski definition) is 3. The number of amides is 1. The van der Waals surface area contributed by atoms with Gasteiger partial charge < -0.3 is 20.0 Å². The molecule has 4 aromatic rings. The summed E-state index contributed by atoms with van der Waals surface area (Å²) in [5.74, 6) is 1.82. The first kappa shape index (κ1) is 27.6. The van der Waals surface area contributed by atoms with Gasteiger partial charge in [0, 0.05) is 11.8 Å². The van der Waals surface area contributed by atoms with Crippen LogP contribution >= 0.6 is 11.8 Å². The van der Waals surface area contributed by atoms with Crippen molar-refractivity contribution >= 4 is 17.9 Å². The predicted molar refractivity (Wildman–Crippen MR) is 165 cm³/mol. The minimum Gasteiger partial charge on any atom is -0.444 e. The van der Waals surface area contributed by atoms with Gasteiger partial charge in [-0.3, -0.25) is 4.90 Å². The molecule has 6 rings (SSSR count). The molecule has 0 radical (unpaired) electrons. The lowest BCUT2D eigenvalue weighted by Crippen LogP contribution is -2.37. The number of thioether (sulfide) groups is 1. The number of nitrogens with zero attached hydrogens (tertiary/aromatic N) is 3. The van der Waals surface area contributed by atoms with Gasteiger partial charge in [-0.1, -0.05) is 48.5 Å². The zero-order chi connectivity index (χ0) is 28.6. The molecule has 4 heterocycles. The number of carbonyl (C=O) groups excluding carboxylic acids is 1. The summed E-state index contributed by atoms with van der Waals surface area (Å²) < 4.78 is 5.70. The molecule has 1 amide bonds. The second-order valence-corrected chi connectivity index (χ2v) is 13.0. The number of aromatic amines is 2. The summed E-state index contributed by atoms with van der Waals surface area (Å²) in [5, 5.41) is 3.85. The molecule has 0 aliphatic carbocycles. The second kappa shape index (κ2) is 11.4. The maximum Gasteiger partial charge on any atom is 0.410 e. The van der Waals surface area contributed by atoms with Crippen LogP contribution in [0, 0.1) is 0 Å². The molecule has 2 aromatic heterocycles. The summed E-state index contributed by atoms with van der Waals surface area (Å²) >= 11 is 1.78. The molecular formula is C32H38N6O2S. The van der Waals surface area contributed by atoms with Crippen molar-refractivity contribution in [3.63, 3.8) is 0 Å². The molecular weight excluding hydrogens is 532 g/mol. The molecule has 0 spiro atoms. The fraction of sp³-hybridized carbons (Fsp3) is 0.406. The summed E-state index contributed by atoms with van der Waals surface area (Å²) in [4.78, 5) is 31.0. The van der Waals surface area contributed by atoms with E-state index < -0.39 is 5.60 Å². The van der Waals surface area contributed by atoms with Crippen LogP contribution < -0.4 is 5.32 Å². The zero-order valence-electron chi connectivity index (χ0n) is 24.1. The van der Waals surface area contributed by atoms with E-state index in [2.05, 4.69) is 75.1 Å². The maximum atomic E-state index is 13.0. The molecule has 41 heavy (non-hydrogen) atoms. The van der Waals surface area contributed by atoms with Crippen molar-refractivity contribution in [3.8, 4) is 33.6 Å². The third-order valence-corrected chi connectivity index (χ3v) is 8.85. The van der Waals surface area contributed by atoms with E-state index in [0.29, 0.717) is 17.8 Å². The third kappa shape index (κ3) is 6.06. The first-order chi connectivity index (χ1) is 19.8.